The number of esters is 1. The second-order valence-electron chi connectivity index (χ2n) is 4.94. The van der Waals surface area contributed by atoms with Gasteiger partial charge in [0.15, 0.2) is 5.83 Å². The van der Waals surface area contributed by atoms with Crippen LogP contribution in [-0.4, -0.2) is 16.9 Å². The van der Waals surface area contributed by atoms with E-state index >= 15 is 0 Å². The van der Waals surface area contributed by atoms with Crippen LogP contribution in [0.5, 0.6) is 0 Å². The van der Waals surface area contributed by atoms with E-state index in [4.69, 9.17) is 4.74 Å². The summed E-state index contributed by atoms with van der Waals surface area (Å²) in [6.45, 7) is 1.24. The molecule has 1 aliphatic carbocycles. The van der Waals surface area contributed by atoms with E-state index in [1.807, 2.05) is 0 Å². The highest BCUT2D eigenvalue weighted by molar-refractivity contribution is 6.08. The molecule has 0 saturated carbocycles. The minimum Gasteiger partial charge on any atom is -0.425 e. The van der Waals surface area contributed by atoms with Crippen molar-refractivity contribution in [2.75, 3.05) is 0 Å². The van der Waals surface area contributed by atoms with Crippen LogP contribution in [0.3, 0.4) is 0 Å². The van der Waals surface area contributed by atoms with Crippen LogP contribution in [0.1, 0.15) is 12.5 Å². The lowest BCUT2D eigenvalue weighted by Gasteiger charge is -2.20. The van der Waals surface area contributed by atoms with Gasteiger partial charge < -0.3 is 9.84 Å². The van der Waals surface area contributed by atoms with Crippen molar-refractivity contribution in [2.45, 2.75) is 12.7 Å². The average molecular weight is 300 g/mol. The maximum atomic E-state index is 14.0. The highest BCUT2D eigenvalue weighted by Gasteiger charge is 2.46. The van der Waals surface area contributed by atoms with E-state index in [9.17, 15) is 18.7 Å². The molecule has 0 spiro atoms. The molecule has 1 atom stereocenters. The van der Waals surface area contributed by atoms with Crippen molar-refractivity contribution in [3.05, 3.63) is 76.2 Å². The first-order valence-electron chi connectivity index (χ1n) is 6.45. The Morgan fingerprint density at radius 2 is 1.86 bits per heavy atom. The smallest absolute Gasteiger partial charge is 0.342 e. The minimum atomic E-state index is -1.98. The van der Waals surface area contributed by atoms with Gasteiger partial charge in [0.05, 0.1) is 11.1 Å². The molecule has 0 amide bonds. The Hall–Kier alpha value is -2.71. The molecule has 22 heavy (non-hydrogen) atoms. The van der Waals surface area contributed by atoms with E-state index in [2.05, 4.69) is 11.5 Å². The number of ether oxygens (including phenoxy) is 1. The van der Waals surface area contributed by atoms with Crippen molar-refractivity contribution in [1.82, 2.24) is 0 Å². The van der Waals surface area contributed by atoms with Crippen LogP contribution in [-0.2, 0) is 9.53 Å². The summed E-state index contributed by atoms with van der Waals surface area (Å²) in [7, 11) is 0. The lowest BCUT2D eigenvalue weighted by molar-refractivity contribution is -0.170. The first-order valence-corrected chi connectivity index (χ1v) is 6.45. The molecule has 1 aromatic rings. The monoisotopic (exact) mass is 300 g/mol. The fraction of sp³-hybridized carbons (Fsp3) is 0.118. The molecule has 1 aromatic carbocycles. The molecule has 3 rings (SSSR count). The Kier molecular flexibility index (Phi) is 3.19. The third kappa shape index (κ3) is 2.14. The first-order chi connectivity index (χ1) is 10.4. The van der Waals surface area contributed by atoms with Gasteiger partial charge in [-0.2, -0.15) is 4.39 Å². The summed E-state index contributed by atoms with van der Waals surface area (Å²) in [5, 5.41) is 10.3. The van der Waals surface area contributed by atoms with E-state index in [1.165, 1.54) is 6.92 Å². The Labute approximate surface area is 124 Å². The number of aliphatic hydroxyl groups is 1. The van der Waals surface area contributed by atoms with Gasteiger partial charge in [-0.25, -0.2) is 9.18 Å². The number of carbonyl (C=O) groups excluding carboxylic acids is 1. The van der Waals surface area contributed by atoms with Crippen LogP contribution >= 0.6 is 0 Å². The molecule has 0 bridgehead atoms. The first kappa shape index (κ1) is 14.2. The van der Waals surface area contributed by atoms with Gasteiger partial charge in [-0.3, -0.25) is 0 Å². The number of cyclic esters (lactones) is 1. The third-order valence-electron chi connectivity index (χ3n) is 3.36. The van der Waals surface area contributed by atoms with Crippen molar-refractivity contribution in [1.29, 1.82) is 0 Å². The van der Waals surface area contributed by atoms with Crippen LogP contribution in [0.25, 0.3) is 5.57 Å². The lowest BCUT2D eigenvalue weighted by atomic mass is 9.90. The van der Waals surface area contributed by atoms with Gasteiger partial charge in [-0.1, -0.05) is 36.1 Å². The standard InChI is InChI=1S/C17H10F2O3/c1-17(21)15(10-6-3-2-4-7-10)14(16(20)22-17)13-11(18)8-5-9-12(13)19/h2-4,6-8,21H,1H3. The number of benzene rings is 1. The minimum absolute atomic E-state index is 0.00972. The number of halogens is 2. The second kappa shape index (κ2) is 4.93. The molecule has 0 aromatic heterocycles. The Balaban J connectivity index is 2.33. The maximum absolute atomic E-state index is 14.0. The fourth-order valence-corrected chi connectivity index (χ4v) is 2.49. The topological polar surface area (TPSA) is 46.5 Å². The normalized spacial score (nSPS) is 24.0. The molecule has 0 fully saturated rings. The molecule has 2 aliphatic rings. The third-order valence-corrected chi connectivity index (χ3v) is 3.36. The predicted molar refractivity (Wildman–Crippen MR) is 74.4 cm³/mol. The number of allylic oxidation sites excluding steroid dienone is 3. The summed E-state index contributed by atoms with van der Waals surface area (Å²) in [6, 6.07) is 8.32. The fourth-order valence-electron chi connectivity index (χ4n) is 2.49. The van der Waals surface area contributed by atoms with Crippen molar-refractivity contribution in [3.63, 3.8) is 0 Å². The van der Waals surface area contributed by atoms with E-state index in [0.29, 0.717) is 5.56 Å². The molecule has 3 nitrogen and oxygen atoms in total. The zero-order chi connectivity index (χ0) is 15.9. The van der Waals surface area contributed by atoms with Gasteiger partial charge >= 0.3 is 5.97 Å². The van der Waals surface area contributed by atoms with Crippen LogP contribution in [0.15, 0.2) is 70.7 Å². The largest absolute Gasteiger partial charge is 0.425 e. The molecule has 1 aliphatic heterocycles. The quantitative estimate of drug-likeness (QED) is 0.674. The van der Waals surface area contributed by atoms with E-state index in [0.717, 1.165) is 6.08 Å². The summed E-state index contributed by atoms with van der Waals surface area (Å²) in [4.78, 5) is 12.1. The number of hydrogen-bond donors (Lipinski definition) is 1. The Morgan fingerprint density at radius 3 is 2.50 bits per heavy atom. The number of rotatable bonds is 2. The molecule has 110 valence electrons. The number of carbonyl (C=O) groups is 1. The molecule has 1 heterocycles. The summed E-state index contributed by atoms with van der Waals surface area (Å²) in [5.74, 6) is -5.03. The molecule has 1 N–H and O–H groups in total. The van der Waals surface area contributed by atoms with Crippen LogP contribution in [0.4, 0.5) is 8.78 Å². The van der Waals surface area contributed by atoms with Gasteiger partial charge in [0, 0.05) is 18.6 Å². The molecular weight excluding hydrogens is 290 g/mol. The maximum Gasteiger partial charge on any atom is 0.342 e. The van der Waals surface area contributed by atoms with Gasteiger partial charge in [0.1, 0.15) is 5.83 Å². The van der Waals surface area contributed by atoms with Crippen LogP contribution in [0, 0.1) is 0 Å². The Morgan fingerprint density at radius 1 is 1.18 bits per heavy atom. The van der Waals surface area contributed by atoms with Gasteiger partial charge in [-0.15, -0.1) is 0 Å². The Bertz CT molecular complexity index is 832. The van der Waals surface area contributed by atoms with Crippen LogP contribution < -0.4 is 0 Å². The van der Waals surface area contributed by atoms with Gasteiger partial charge in [-0.05, 0) is 11.3 Å². The summed E-state index contributed by atoms with van der Waals surface area (Å²) in [6.07, 6.45) is 0.869. The van der Waals surface area contributed by atoms with Gasteiger partial charge in [0.25, 0.3) is 0 Å². The second-order valence-corrected chi connectivity index (χ2v) is 4.94. The van der Waals surface area contributed by atoms with Crippen molar-refractivity contribution < 1.29 is 23.4 Å². The van der Waals surface area contributed by atoms with Crippen molar-refractivity contribution >= 4 is 11.5 Å². The molecule has 1 unspecified atom stereocenters. The summed E-state index contributed by atoms with van der Waals surface area (Å²) < 4.78 is 32.8. The van der Waals surface area contributed by atoms with Crippen molar-refractivity contribution in [3.8, 4) is 0 Å². The van der Waals surface area contributed by atoms with Crippen molar-refractivity contribution in [2.24, 2.45) is 0 Å². The van der Waals surface area contributed by atoms with E-state index < -0.39 is 29.0 Å². The van der Waals surface area contributed by atoms with E-state index in [-0.39, 0.29) is 11.1 Å². The molecule has 0 radical (unpaired) electrons. The van der Waals surface area contributed by atoms with Crippen LogP contribution in [0.2, 0.25) is 0 Å². The zero-order valence-corrected chi connectivity index (χ0v) is 11.5. The highest BCUT2D eigenvalue weighted by Crippen LogP contribution is 2.44. The van der Waals surface area contributed by atoms with E-state index in [1.54, 1.807) is 30.3 Å². The highest BCUT2D eigenvalue weighted by atomic mass is 19.1. The average Bonchev–Trinajstić information content (AvgIpc) is 2.69. The molecule has 0 saturated heterocycles. The summed E-state index contributed by atoms with van der Waals surface area (Å²) >= 11 is 0. The lowest BCUT2D eigenvalue weighted by Crippen LogP contribution is -2.26. The summed E-state index contributed by atoms with van der Waals surface area (Å²) in [5.41, 5.74) is 3.76. The molecular formula is C17H10F2O3. The zero-order valence-electron chi connectivity index (χ0n) is 11.5. The number of hydrogen-bond acceptors (Lipinski definition) is 3. The SMILES string of the molecule is CC1(O)OC(=O)C(C2=C(F)C=C=C=C2F)=C1c1ccccc1. The van der Waals surface area contributed by atoms with Gasteiger partial charge in [0.2, 0.25) is 5.79 Å². The molecule has 5 heteroatoms. The predicted octanol–water partition coefficient (Wildman–Crippen LogP) is 3.11.